The molecule has 118 valence electrons. The molecule has 1 saturated heterocycles. The predicted molar refractivity (Wildman–Crippen MR) is 83.0 cm³/mol. The molecule has 0 aromatic heterocycles. The summed E-state index contributed by atoms with van der Waals surface area (Å²) < 4.78 is 32.2. The summed E-state index contributed by atoms with van der Waals surface area (Å²) >= 11 is 0. The van der Waals surface area contributed by atoms with Gasteiger partial charge in [0.1, 0.15) is 10.6 Å². The van der Waals surface area contributed by atoms with Crippen LogP contribution in [0.25, 0.3) is 0 Å². The maximum absolute atomic E-state index is 12.7. The van der Waals surface area contributed by atoms with Gasteiger partial charge in [-0.25, -0.2) is 8.42 Å². The average Bonchev–Trinajstić information content (AvgIpc) is 3.02. The molecule has 1 aromatic carbocycles. The van der Waals surface area contributed by atoms with E-state index < -0.39 is 10.0 Å². The third kappa shape index (κ3) is 3.75. The van der Waals surface area contributed by atoms with Crippen molar-refractivity contribution in [1.82, 2.24) is 9.62 Å². The zero-order valence-corrected chi connectivity index (χ0v) is 13.6. The van der Waals surface area contributed by atoms with E-state index in [0.29, 0.717) is 25.4 Å². The first kappa shape index (κ1) is 16.3. The van der Waals surface area contributed by atoms with Crippen molar-refractivity contribution in [3.63, 3.8) is 0 Å². The summed E-state index contributed by atoms with van der Waals surface area (Å²) in [5.41, 5.74) is 0.960. The molecule has 1 aliphatic heterocycles. The number of methoxy groups -OCH3 is 1. The molecule has 1 N–H and O–H groups in total. The molecule has 0 aliphatic carbocycles. The Bertz CT molecular complexity index is 566. The zero-order valence-electron chi connectivity index (χ0n) is 12.8. The molecule has 0 spiro atoms. The quantitative estimate of drug-likeness (QED) is 0.782. The summed E-state index contributed by atoms with van der Waals surface area (Å²) in [5.74, 6) is 0.418. The van der Waals surface area contributed by atoms with Crippen LogP contribution in [0.4, 0.5) is 0 Å². The zero-order chi connectivity index (χ0) is 15.3. The third-order valence-electron chi connectivity index (χ3n) is 3.67. The van der Waals surface area contributed by atoms with Crippen LogP contribution in [0.5, 0.6) is 5.75 Å². The number of hydrogen-bond donors (Lipinski definition) is 1. The molecule has 21 heavy (non-hydrogen) atoms. The van der Waals surface area contributed by atoms with E-state index in [1.54, 1.807) is 16.4 Å². The molecule has 5 nitrogen and oxygen atoms in total. The molecule has 6 heteroatoms. The van der Waals surface area contributed by atoms with Crippen LogP contribution in [0, 0.1) is 0 Å². The van der Waals surface area contributed by atoms with E-state index in [2.05, 4.69) is 12.2 Å². The Morgan fingerprint density at radius 1 is 1.29 bits per heavy atom. The van der Waals surface area contributed by atoms with Gasteiger partial charge in [0.05, 0.1) is 7.11 Å². The highest BCUT2D eigenvalue weighted by molar-refractivity contribution is 7.89. The SMILES string of the molecule is CCCNCc1ccc(OC)c(S(=O)(=O)N2CCCC2)c1. The minimum atomic E-state index is -3.45. The van der Waals surface area contributed by atoms with Crippen LogP contribution in [-0.4, -0.2) is 39.5 Å². The Morgan fingerprint density at radius 3 is 2.62 bits per heavy atom. The van der Waals surface area contributed by atoms with E-state index in [-0.39, 0.29) is 4.90 Å². The van der Waals surface area contributed by atoms with Crippen LogP contribution in [0.2, 0.25) is 0 Å². The molecule has 0 saturated carbocycles. The van der Waals surface area contributed by atoms with Crippen molar-refractivity contribution in [3.05, 3.63) is 23.8 Å². The number of sulfonamides is 1. The van der Waals surface area contributed by atoms with Crippen LogP contribution in [0.15, 0.2) is 23.1 Å². The van der Waals surface area contributed by atoms with Crippen molar-refractivity contribution in [1.29, 1.82) is 0 Å². The maximum atomic E-state index is 12.7. The molecule has 1 aromatic rings. The van der Waals surface area contributed by atoms with Crippen molar-refractivity contribution in [2.45, 2.75) is 37.6 Å². The van der Waals surface area contributed by atoms with Gasteiger partial charge in [0.25, 0.3) is 0 Å². The Kier molecular flexibility index (Phi) is 5.61. The standard InChI is InChI=1S/C15H24N2O3S/c1-3-8-16-12-13-6-7-14(20-2)15(11-13)21(18,19)17-9-4-5-10-17/h6-7,11,16H,3-5,8-10,12H2,1-2H3. The van der Waals surface area contributed by atoms with Crippen molar-refractivity contribution >= 4 is 10.0 Å². The highest BCUT2D eigenvalue weighted by atomic mass is 32.2. The van der Waals surface area contributed by atoms with Gasteiger partial charge in [-0.3, -0.25) is 0 Å². The first-order valence-electron chi connectivity index (χ1n) is 7.47. The fourth-order valence-corrected chi connectivity index (χ4v) is 4.23. The van der Waals surface area contributed by atoms with Crippen molar-refractivity contribution in [2.75, 3.05) is 26.7 Å². The number of hydrogen-bond acceptors (Lipinski definition) is 4. The summed E-state index contributed by atoms with van der Waals surface area (Å²) in [5, 5.41) is 3.29. The van der Waals surface area contributed by atoms with E-state index in [4.69, 9.17) is 4.74 Å². The Balaban J connectivity index is 2.28. The summed E-state index contributed by atoms with van der Waals surface area (Å²) in [6.07, 6.45) is 2.91. The van der Waals surface area contributed by atoms with E-state index >= 15 is 0 Å². The molecule has 1 heterocycles. The van der Waals surface area contributed by atoms with Crippen LogP contribution in [0.1, 0.15) is 31.7 Å². The summed E-state index contributed by atoms with van der Waals surface area (Å²) in [7, 11) is -1.95. The van der Waals surface area contributed by atoms with Crippen LogP contribution < -0.4 is 10.1 Å². The van der Waals surface area contributed by atoms with Gasteiger partial charge < -0.3 is 10.1 Å². The number of ether oxygens (including phenoxy) is 1. The fraction of sp³-hybridized carbons (Fsp3) is 0.600. The van der Waals surface area contributed by atoms with E-state index in [9.17, 15) is 8.42 Å². The smallest absolute Gasteiger partial charge is 0.246 e. The largest absolute Gasteiger partial charge is 0.495 e. The molecule has 0 amide bonds. The van der Waals surface area contributed by atoms with Crippen LogP contribution >= 0.6 is 0 Å². The van der Waals surface area contributed by atoms with Gasteiger partial charge in [-0.2, -0.15) is 4.31 Å². The van der Waals surface area contributed by atoms with Crippen molar-refractivity contribution in [3.8, 4) is 5.75 Å². The second-order valence-corrected chi connectivity index (χ2v) is 7.18. The highest BCUT2D eigenvalue weighted by Crippen LogP contribution is 2.29. The summed E-state index contributed by atoms with van der Waals surface area (Å²) in [6.45, 7) is 4.89. The van der Waals surface area contributed by atoms with Gasteiger partial charge in [0.15, 0.2) is 0 Å². The molecule has 1 fully saturated rings. The highest BCUT2D eigenvalue weighted by Gasteiger charge is 2.30. The molecular formula is C15H24N2O3S. The van der Waals surface area contributed by atoms with Gasteiger partial charge in [0, 0.05) is 19.6 Å². The molecule has 0 unspecified atom stereocenters. The Labute approximate surface area is 127 Å². The number of nitrogens with zero attached hydrogens (tertiary/aromatic N) is 1. The Hall–Kier alpha value is -1.11. The van der Waals surface area contributed by atoms with Gasteiger partial charge in [-0.1, -0.05) is 13.0 Å². The topological polar surface area (TPSA) is 58.6 Å². The lowest BCUT2D eigenvalue weighted by molar-refractivity contribution is 0.398. The van der Waals surface area contributed by atoms with Gasteiger partial charge >= 0.3 is 0 Å². The number of rotatable bonds is 7. The lowest BCUT2D eigenvalue weighted by atomic mass is 10.2. The average molecular weight is 312 g/mol. The second-order valence-electron chi connectivity index (χ2n) is 5.27. The van der Waals surface area contributed by atoms with E-state index in [0.717, 1.165) is 31.4 Å². The van der Waals surface area contributed by atoms with Crippen molar-refractivity contribution < 1.29 is 13.2 Å². The third-order valence-corrected chi connectivity index (χ3v) is 5.59. The first-order chi connectivity index (χ1) is 10.1. The lowest BCUT2D eigenvalue weighted by Crippen LogP contribution is -2.28. The number of benzene rings is 1. The van der Waals surface area contributed by atoms with Gasteiger partial charge in [-0.05, 0) is 43.5 Å². The fourth-order valence-electron chi connectivity index (χ4n) is 2.51. The van der Waals surface area contributed by atoms with Crippen LogP contribution in [-0.2, 0) is 16.6 Å². The minimum Gasteiger partial charge on any atom is -0.495 e. The van der Waals surface area contributed by atoms with E-state index in [1.165, 1.54) is 7.11 Å². The molecule has 0 atom stereocenters. The molecule has 1 aliphatic rings. The van der Waals surface area contributed by atoms with Gasteiger partial charge in [0.2, 0.25) is 10.0 Å². The molecule has 0 bridgehead atoms. The van der Waals surface area contributed by atoms with E-state index in [1.807, 2.05) is 6.07 Å². The molecule has 0 radical (unpaired) electrons. The summed E-state index contributed by atoms with van der Waals surface area (Å²) in [6, 6.07) is 5.38. The normalized spacial score (nSPS) is 16.3. The molecular weight excluding hydrogens is 288 g/mol. The Morgan fingerprint density at radius 2 is 2.00 bits per heavy atom. The predicted octanol–water partition coefficient (Wildman–Crippen LogP) is 1.98. The van der Waals surface area contributed by atoms with Crippen LogP contribution in [0.3, 0.4) is 0 Å². The van der Waals surface area contributed by atoms with Gasteiger partial charge in [-0.15, -0.1) is 0 Å². The first-order valence-corrected chi connectivity index (χ1v) is 8.91. The second kappa shape index (κ2) is 7.24. The number of nitrogens with one attached hydrogen (secondary N) is 1. The minimum absolute atomic E-state index is 0.280. The maximum Gasteiger partial charge on any atom is 0.246 e. The summed E-state index contributed by atoms with van der Waals surface area (Å²) in [4.78, 5) is 0.280. The molecule has 2 rings (SSSR count). The lowest BCUT2D eigenvalue weighted by Gasteiger charge is -2.18. The monoisotopic (exact) mass is 312 g/mol. The van der Waals surface area contributed by atoms with Crippen molar-refractivity contribution in [2.24, 2.45) is 0 Å².